The number of amides is 1. The molecule has 0 bridgehead atoms. The van der Waals surface area contributed by atoms with Crippen molar-refractivity contribution in [3.8, 4) is 0 Å². The van der Waals surface area contributed by atoms with Gasteiger partial charge < -0.3 is 19.4 Å². The van der Waals surface area contributed by atoms with Crippen molar-refractivity contribution in [2.45, 2.75) is 0 Å². The molecule has 4 rings (SSSR count). The third kappa shape index (κ3) is 2.57. The van der Waals surface area contributed by atoms with Gasteiger partial charge in [0.25, 0.3) is 0 Å². The fraction of sp³-hybridized carbons (Fsp3) is 0.529. The van der Waals surface area contributed by atoms with E-state index in [-0.39, 0.29) is 11.3 Å². The summed E-state index contributed by atoms with van der Waals surface area (Å²) in [5.74, 6) is 1.08. The van der Waals surface area contributed by atoms with E-state index in [1.807, 2.05) is 11.1 Å². The number of morpholine rings is 1. The highest BCUT2D eigenvalue weighted by molar-refractivity contribution is 5.88. The zero-order chi connectivity index (χ0) is 15.9. The van der Waals surface area contributed by atoms with Gasteiger partial charge >= 0.3 is 0 Å². The lowest BCUT2D eigenvalue weighted by Crippen LogP contribution is -2.73. The quantitative estimate of drug-likeness (QED) is 0.771. The highest BCUT2D eigenvalue weighted by Crippen LogP contribution is 2.41. The molecule has 3 aliphatic rings. The van der Waals surface area contributed by atoms with Crippen LogP contribution in [-0.4, -0.2) is 68.3 Å². The monoisotopic (exact) mass is 314 g/mol. The SMILES string of the molecule is C=CC(=O)N1CC2(C1)CN(c1cc(N3CCOCC3)ccn1)C2. The molecule has 0 N–H and O–H groups in total. The Kier molecular flexibility index (Phi) is 3.49. The predicted molar refractivity (Wildman–Crippen MR) is 88.7 cm³/mol. The maximum absolute atomic E-state index is 11.6. The van der Waals surface area contributed by atoms with Crippen molar-refractivity contribution in [3.63, 3.8) is 0 Å². The van der Waals surface area contributed by atoms with Crippen LogP contribution in [0.25, 0.3) is 0 Å². The zero-order valence-corrected chi connectivity index (χ0v) is 13.3. The number of likely N-dealkylation sites (tertiary alicyclic amines) is 1. The van der Waals surface area contributed by atoms with Crippen LogP contribution in [0.15, 0.2) is 31.0 Å². The van der Waals surface area contributed by atoms with Gasteiger partial charge in [0.05, 0.1) is 13.2 Å². The van der Waals surface area contributed by atoms with E-state index in [1.165, 1.54) is 11.8 Å². The number of ether oxygens (including phenoxy) is 1. The van der Waals surface area contributed by atoms with E-state index in [4.69, 9.17) is 4.74 Å². The van der Waals surface area contributed by atoms with Crippen LogP contribution >= 0.6 is 0 Å². The van der Waals surface area contributed by atoms with Crippen molar-refractivity contribution < 1.29 is 9.53 Å². The number of hydrogen-bond acceptors (Lipinski definition) is 5. The molecule has 1 amide bonds. The third-order valence-corrected chi connectivity index (χ3v) is 5.02. The lowest BCUT2D eigenvalue weighted by Gasteiger charge is -2.60. The number of anilines is 2. The van der Waals surface area contributed by atoms with Gasteiger partial charge in [-0.1, -0.05) is 6.58 Å². The Morgan fingerprint density at radius 2 is 1.96 bits per heavy atom. The normalized spacial score (nSPS) is 22.5. The lowest BCUT2D eigenvalue weighted by molar-refractivity contribution is -0.139. The summed E-state index contributed by atoms with van der Waals surface area (Å²) in [5, 5.41) is 0. The molecule has 1 spiro atoms. The van der Waals surface area contributed by atoms with Gasteiger partial charge in [-0.15, -0.1) is 0 Å². The molecule has 1 aromatic rings. The van der Waals surface area contributed by atoms with Gasteiger partial charge in [0.15, 0.2) is 0 Å². The molecule has 0 saturated carbocycles. The second kappa shape index (κ2) is 5.53. The molecule has 122 valence electrons. The summed E-state index contributed by atoms with van der Waals surface area (Å²) in [7, 11) is 0. The minimum absolute atomic E-state index is 0.0431. The molecule has 3 fully saturated rings. The van der Waals surface area contributed by atoms with Crippen molar-refractivity contribution in [2.75, 3.05) is 62.3 Å². The van der Waals surface area contributed by atoms with Crippen LogP contribution in [0.4, 0.5) is 11.5 Å². The molecule has 6 nitrogen and oxygen atoms in total. The van der Waals surface area contributed by atoms with Gasteiger partial charge in [-0.05, 0) is 12.1 Å². The van der Waals surface area contributed by atoms with Gasteiger partial charge in [-0.25, -0.2) is 4.98 Å². The average Bonchev–Trinajstić information content (AvgIpc) is 2.53. The fourth-order valence-electron chi connectivity index (χ4n) is 3.77. The molecule has 4 heterocycles. The Bertz CT molecular complexity index is 613. The highest BCUT2D eigenvalue weighted by atomic mass is 16.5. The molecule has 0 aliphatic carbocycles. The summed E-state index contributed by atoms with van der Waals surface area (Å²) in [6.45, 7) is 10.6. The summed E-state index contributed by atoms with van der Waals surface area (Å²) in [5.41, 5.74) is 1.49. The maximum atomic E-state index is 11.6. The molecule has 0 unspecified atom stereocenters. The van der Waals surface area contributed by atoms with Crippen LogP contribution in [0.5, 0.6) is 0 Å². The highest BCUT2D eigenvalue weighted by Gasteiger charge is 2.53. The van der Waals surface area contributed by atoms with Crippen molar-refractivity contribution in [2.24, 2.45) is 5.41 Å². The van der Waals surface area contributed by atoms with E-state index in [2.05, 4.69) is 33.5 Å². The molecular formula is C17H22N4O2. The van der Waals surface area contributed by atoms with E-state index in [0.29, 0.717) is 0 Å². The summed E-state index contributed by atoms with van der Waals surface area (Å²) < 4.78 is 5.41. The first kappa shape index (κ1) is 14.5. The second-order valence-corrected chi connectivity index (χ2v) is 6.73. The van der Waals surface area contributed by atoms with Crippen LogP contribution < -0.4 is 9.80 Å². The van der Waals surface area contributed by atoms with Crippen LogP contribution in [-0.2, 0) is 9.53 Å². The topological polar surface area (TPSA) is 48.9 Å². The van der Waals surface area contributed by atoms with Crippen molar-refractivity contribution in [1.29, 1.82) is 0 Å². The molecule has 0 radical (unpaired) electrons. The van der Waals surface area contributed by atoms with Crippen LogP contribution in [0.2, 0.25) is 0 Å². The third-order valence-electron chi connectivity index (χ3n) is 5.02. The number of carbonyl (C=O) groups is 1. The summed E-state index contributed by atoms with van der Waals surface area (Å²) >= 11 is 0. The number of rotatable bonds is 3. The van der Waals surface area contributed by atoms with E-state index in [9.17, 15) is 4.79 Å². The smallest absolute Gasteiger partial charge is 0.245 e. The Morgan fingerprint density at radius 1 is 1.22 bits per heavy atom. The summed E-state index contributed by atoms with van der Waals surface area (Å²) in [6.07, 6.45) is 3.29. The molecular weight excluding hydrogens is 292 g/mol. The van der Waals surface area contributed by atoms with E-state index < -0.39 is 0 Å². The number of nitrogens with zero attached hydrogens (tertiary/aromatic N) is 4. The van der Waals surface area contributed by atoms with Crippen molar-refractivity contribution in [1.82, 2.24) is 9.88 Å². The minimum atomic E-state index is 0.0431. The number of carbonyl (C=O) groups excluding carboxylic acids is 1. The second-order valence-electron chi connectivity index (χ2n) is 6.73. The largest absolute Gasteiger partial charge is 0.378 e. The molecule has 3 saturated heterocycles. The molecule has 3 aliphatic heterocycles. The van der Waals surface area contributed by atoms with Crippen LogP contribution in [0, 0.1) is 5.41 Å². The maximum Gasteiger partial charge on any atom is 0.245 e. The molecule has 0 atom stereocenters. The lowest BCUT2D eigenvalue weighted by atomic mass is 9.72. The minimum Gasteiger partial charge on any atom is -0.378 e. The molecule has 23 heavy (non-hydrogen) atoms. The van der Waals surface area contributed by atoms with Gasteiger partial charge in [0.1, 0.15) is 5.82 Å². The van der Waals surface area contributed by atoms with Crippen molar-refractivity contribution in [3.05, 3.63) is 31.0 Å². The zero-order valence-electron chi connectivity index (χ0n) is 13.3. The van der Waals surface area contributed by atoms with Crippen LogP contribution in [0.1, 0.15) is 0 Å². The Labute approximate surface area is 136 Å². The standard InChI is InChI=1S/C17H22N4O2/c1-2-16(22)21-12-17(13-21)10-20(11-17)15-9-14(3-4-18-15)19-5-7-23-8-6-19/h2-4,9H,1,5-8,10-13H2. The molecule has 6 heteroatoms. The van der Waals surface area contributed by atoms with Gasteiger partial charge in [-0.3, -0.25) is 4.79 Å². The predicted octanol–water partition coefficient (Wildman–Crippen LogP) is 0.753. The number of hydrogen-bond donors (Lipinski definition) is 0. The average molecular weight is 314 g/mol. The molecule has 0 aromatic carbocycles. The van der Waals surface area contributed by atoms with E-state index in [1.54, 1.807) is 0 Å². The van der Waals surface area contributed by atoms with Crippen molar-refractivity contribution >= 4 is 17.4 Å². The van der Waals surface area contributed by atoms with Gasteiger partial charge in [0, 0.05) is 62.6 Å². The Balaban J connectivity index is 1.37. The summed E-state index contributed by atoms with van der Waals surface area (Å²) in [4.78, 5) is 22.6. The molecule has 1 aromatic heterocycles. The van der Waals surface area contributed by atoms with Gasteiger partial charge in [-0.2, -0.15) is 0 Å². The number of aromatic nitrogens is 1. The van der Waals surface area contributed by atoms with E-state index >= 15 is 0 Å². The first-order chi connectivity index (χ1) is 11.2. The van der Waals surface area contributed by atoms with Crippen LogP contribution in [0.3, 0.4) is 0 Å². The Morgan fingerprint density at radius 3 is 2.65 bits per heavy atom. The first-order valence-corrected chi connectivity index (χ1v) is 8.14. The van der Waals surface area contributed by atoms with Gasteiger partial charge in [0.2, 0.25) is 5.91 Å². The number of pyridine rings is 1. The fourth-order valence-corrected chi connectivity index (χ4v) is 3.77. The summed E-state index contributed by atoms with van der Waals surface area (Å²) in [6, 6.07) is 4.24. The first-order valence-electron chi connectivity index (χ1n) is 8.14. The Hall–Kier alpha value is -2.08. The van der Waals surface area contributed by atoms with E-state index in [0.717, 1.165) is 58.3 Å².